The van der Waals surface area contributed by atoms with Crippen molar-refractivity contribution in [2.24, 2.45) is 0 Å². The van der Waals surface area contributed by atoms with Crippen molar-refractivity contribution < 1.29 is 4.42 Å². The highest BCUT2D eigenvalue weighted by Gasteiger charge is 2.39. The molecule has 0 saturated heterocycles. The highest BCUT2D eigenvalue weighted by Crippen LogP contribution is 2.56. The lowest BCUT2D eigenvalue weighted by atomic mass is 9.80. The Hall–Kier alpha value is -4.88. The van der Waals surface area contributed by atoms with Crippen LogP contribution in [0, 0.1) is 13.8 Å². The van der Waals surface area contributed by atoms with E-state index in [1.165, 1.54) is 88.7 Å². The molecule has 46 heavy (non-hydrogen) atoms. The van der Waals surface area contributed by atoms with Gasteiger partial charge >= 0.3 is 0 Å². The molecule has 0 fully saturated rings. The molecular weight excluding hydrogens is 556 g/mol. The van der Waals surface area contributed by atoms with Gasteiger partial charge in [0.05, 0.1) is 0 Å². The van der Waals surface area contributed by atoms with Gasteiger partial charge in [0.25, 0.3) is 0 Å². The molecule has 1 nitrogen and oxygen atoms in total. The molecule has 1 aromatic heterocycles. The van der Waals surface area contributed by atoms with E-state index in [4.69, 9.17) is 4.42 Å². The number of hydrogen-bond acceptors (Lipinski definition) is 1. The summed E-state index contributed by atoms with van der Waals surface area (Å²) in [5.74, 6) is 0. The summed E-state index contributed by atoms with van der Waals surface area (Å²) >= 11 is 0. The lowest BCUT2D eigenvalue weighted by Crippen LogP contribution is -2.15. The molecule has 6 aromatic carbocycles. The maximum Gasteiger partial charge on any atom is 0.143 e. The highest BCUT2D eigenvalue weighted by molar-refractivity contribution is 6.18. The topological polar surface area (TPSA) is 13.1 Å². The van der Waals surface area contributed by atoms with Crippen LogP contribution in [0.4, 0.5) is 0 Å². The molecule has 1 heteroatoms. The number of rotatable bonds is 3. The summed E-state index contributed by atoms with van der Waals surface area (Å²) in [5, 5.41) is 2.43. The van der Waals surface area contributed by atoms with Crippen LogP contribution in [0.15, 0.2) is 114 Å². The van der Waals surface area contributed by atoms with Crippen LogP contribution in [0.3, 0.4) is 0 Å². The van der Waals surface area contributed by atoms with Gasteiger partial charge in [0.1, 0.15) is 11.2 Å². The van der Waals surface area contributed by atoms with Crippen molar-refractivity contribution in [3.8, 4) is 33.4 Å². The lowest BCUT2D eigenvalue weighted by Gasteiger charge is -2.23. The molecule has 9 rings (SSSR count). The van der Waals surface area contributed by atoms with Crippen molar-refractivity contribution in [1.29, 1.82) is 0 Å². The molecule has 0 unspecified atom stereocenters. The molecule has 0 aliphatic heterocycles. The zero-order valence-corrected chi connectivity index (χ0v) is 27.5. The quantitative estimate of drug-likeness (QED) is 0.198. The van der Waals surface area contributed by atoms with E-state index in [1.54, 1.807) is 0 Å². The normalized spacial score (nSPS) is 15.2. The Labute approximate surface area is 271 Å². The second-order valence-electron chi connectivity index (χ2n) is 14.7. The van der Waals surface area contributed by atoms with Gasteiger partial charge in [-0.05, 0) is 93.6 Å². The summed E-state index contributed by atoms with van der Waals surface area (Å²) in [5.41, 5.74) is 20.6. The largest absolute Gasteiger partial charge is 0.455 e. The zero-order valence-electron chi connectivity index (χ0n) is 27.5. The summed E-state index contributed by atoms with van der Waals surface area (Å²) < 4.78 is 6.72. The molecule has 0 N–H and O–H groups in total. The van der Waals surface area contributed by atoms with Gasteiger partial charge in [-0.15, -0.1) is 0 Å². The third-order valence-electron chi connectivity index (χ3n) is 11.0. The predicted octanol–water partition coefficient (Wildman–Crippen LogP) is 12.1. The van der Waals surface area contributed by atoms with Gasteiger partial charge in [-0.1, -0.05) is 136 Å². The summed E-state index contributed by atoms with van der Waals surface area (Å²) in [6, 6.07) is 40.9. The zero-order chi connectivity index (χ0) is 31.5. The number of fused-ring (bicyclic) bond motifs is 10. The van der Waals surface area contributed by atoms with Crippen molar-refractivity contribution in [2.75, 3.05) is 0 Å². The Morgan fingerprint density at radius 2 is 1.24 bits per heavy atom. The van der Waals surface area contributed by atoms with Crippen LogP contribution in [0.1, 0.15) is 72.2 Å². The lowest BCUT2D eigenvalue weighted by molar-refractivity contribution is 0.656. The number of benzene rings is 6. The molecule has 0 saturated carbocycles. The first-order chi connectivity index (χ1) is 22.1. The number of furan rings is 1. The average Bonchev–Trinajstić information content (AvgIpc) is 3.61. The molecule has 0 radical (unpaired) electrons. The van der Waals surface area contributed by atoms with Crippen molar-refractivity contribution in [2.45, 2.75) is 58.8 Å². The number of aryl methyl sites for hydroxylation is 2. The van der Waals surface area contributed by atoms with Crippen LogP contribution >= 0.6 is 0 Å². The van der Waals surface area contributed by atoms with Crippen LogP contribution in [0.25, 0.3) is 55.3 Å². The number of hydrogen-bond donors (Lipinski definition) is 0. The van der Waals surface area contributed by atoms with Gasteiger partial charge in [0.2, 0.25) is 0 Å². The Balaban J connectivity index is 1.24. The second kappa shape index (κ2) is 9.33. The van der Waals surface area contributed by atoms with E-state index < -0.39 is 0 Å². The fraction of sp³-hybridized carbons (Fsp3) is 0.200. The molecule has 2 aliphatic carbocycles. The van der Waals surface area contributed by atoms with Crippen molar-refractivity contribution in [3.05, 3.63) is 154 Å². The Bertz CT molecular complexity index is 2390. The monoisotopic (exact) mass is 594 g/mol. The first-order valence-electron chi connectivity index (χ1n) is 16.6. The van der Waals surface area contributed by atoms with Crippen molar-refractivity contribution in [3.63, 3.8) is 0 Å². The van der Waals surface area contributed by atoms with E-state index in [9.17, 15) is 0 Å². The predicted molar refractivity (Wildman–Crippen MR) is 193 cm³/mol. The SMILES string of the molecule is Cc1cc(C)cc(-c2cc3c(c4c2oc2ccccc24)-c2ccc(Cc4cccc5c4-c4ccccc4C5(C)C)cc2C3(C)C)c1. The highest BCUT2D eigenvalue weighted by atomic mass is 16.3. The van der Waals surface area contributed by atoms with E-state index in [2.05, 4.69) is 151 Å². The van der Waals surface area contributed by atoms with Crippen LogP contribution in [-0.4, -0.2) is 0 Å². The fourth-order valence-electron chi connectivity index (χ4n) is 8.80. The molecule has 1 heterocycles. The van der Waals surface area contributed by atoms with E-state index >= 15 is 0 Å². The van der Waals surface area contributed by atoms with Crippen LogP contribution in [-0.2, 0) is 17.3 Å². The molecule has 224 valence electrons. The van der Waals surface area contributed by atoms with E-state index in [0.717, 1.165) is 17.6 Å². The molecule has 2 aliphatic rings. The minimum absolute atomic E-state index is 0.00971. The smallest absolute Gasteiger partial charge is 0.143 e. The first-order valence-corrected chi connectivity index (χ1v) is 16.6. The van der Waals surface area contributed by atoms with E-state index in [0.29, 0.717) is 0 Å². The van der Waals surface area contributed by atoms with Crippen molar-refractivity contribution >= 4 is 21.9 Å². The van der Waals surface area contributed by atoms with Gasteiger partial charge in [0.15, 0.2) is 0 Å². The van der Waals surface area contributed by atoms with Crippen molar-refractivity contribution in [1.82, 2.24) is 0 Å². The standard InChI is InChI=1S/C45H38O/c1-26-20-27(2)22-30(21-26)34-25-38-41(42-33-14-8-10-17-39(33)46-43(34)42)32-19-18-28(24-37(32)45(38,5)6)23-29-12-11-16-36-40(29)31-13-7-9-15-35(31)44(36,3)4/h7-22,24-25H,23H2,1-6H3. The molecule has 0 spiro atoms. The molecular formula is C45H38O. The van der Waals surface area contributed by atoms with Gasteiger partial charge < -0.3 is 4.42 Å². The fourth-order valence-corrected chi connectivity index (χ4v) is 8.80. The third kappa shape index (κ3) is 3.69. The van der Waals surface area contributed by atoms with Gasteiger partial charge in [-0.25, -0.2) is 0 Å². The van der Waals surface area contributed by atoms with E-state index in [-0.39, 0.29) is 10.8 Å². The summed E-state index contributed by atoms with van der Waals surface area (Å²) in [4.78, 5) is 0. The Kier molecular flexibility index (Phi) is 5.56. The number of para-hydroxylation sites is 1. The maximum absolute atomic E-state index is 6.72. The minimum Gasteiger partial charge on any atom is -0.455 e. The summed E-state index contributed by atoms with van der Waals surface area (Å²) in [7, 11) is 0. The van der Waals surface area contributed by atoms with Gasteiger partial charge in [-0.3, -0.25) is 0 Å². The molecule has 7 aromatic rings. The maximum atomic E-state index is 6.72. The summed E-state index contributed by atoms with van der Waals surface area (Å²) in [6.07, 6.45) is 0.908. The van der Waals surface area contributed by atoms with Gasteiger partial charge in [0, 0.05) is 27.2 Å². The summed E-state index contributed by atoms with van der Waals surface area (Å²) in [6.45, 7) is 13.9. The second-order valence-corrected chi connectivity index (χ2v) is 14.7. The Morgan fingerprint density at radius 1 is 0.543 bits per heavy atom. The third-order valence-corrected chi connectivity index (χ3v) is 11.0. The molecule has 0 amide bonds. The minimum atomic E-state index is -0.159. The average molecular weight is 595 g/mol. The van der Waals surface area contributed by atoms with Gasteiger partial charge in [-0.2, -0.15) is 0 Å². The van der Waals surface area contributed by atoms with Crippen LogP contribution in [0.5, 0.6) is 0 Å². The van der Waals surface area contributed by atoms with Crippen LogP contribution in [0.2, 0.25) is 0 Å². The molecule has 0 bridgehead atoms. The molecule has 0 atom stereocenters. The van der Waals surface area contributed by atoms with E-state index in [1.807, 2.05) is 0 Å². The van der Waals surface area contributed by atoms with Crippen LogP contribution < -0.4 is 0 Å². The Morgan fingerprint density at radius 3 is 2.07 bits per heavy atom. The first kappa shape index (κ1) is 27.4.